The molecule has 0 N–H and O–H groups in total. The van der Waals surface area contributed by atoms with E-state index in [1.165, 1.54) is 42.5 Å². The van der Waals surface area contributed by atoms with Gasteiger partial charge in [0.15, 0.2) is 0 Å². The van der Waals surface area contributed by atoms with Crippen molar-refractivity contribution in [2.75, 3.05) is 6.61 Å². The van der Waals surface area contributed by atoms with Crippen LogP contribution in [0.25, 0.3) is 16.3 Å². The van der Waals surface area contributed by atoms with Gasteiger partial charge >= 0.3 is 168 Å². The molecular formula is C24H30Cl2OTi. The monoisotopic (exact) mass is 452 g/mol. The van der Waals surface area contributed by atoms with Crippen LogP contribution in [0.15, 0.2) is 53.1 Å². The second-order valence-electron chi connectivity index (χ2n) is 8.73. The molecule has 0 saturated heterocycles. The first-order valence-corrected chi connectivity index (χ1v) is 10.9. The second kappa shape index (κ2) is 9.96. The summed E-state index contributed by atoms with van der Waals surface area (Å²) in [6, 6.07) is 13.4. The van der Waals surface area contributed by atoms with Crippen LogP contribution in [0, 0.1) is 11.3 Å². The predicted molar refractivity (Wildman–Crippen MR) is 109 cm³/mol. The number of allylic oxidation sites excluding steroid dienone is 4. The number of hydrogen-bond donors (Lipinski definition) is 0. The molecule has 1 atom stereocenters. The SMILES string of the molecule is CC1=C(C)C(C)C(c2ccc3ccccc3[c]2[Ti+2][O]CC(C)(C)C)=C1C.[Cl-].[Cl-]. The molecule has 28 heavy (non-hydrogen) atoms. The maximum atomic E-state index is 6.31. The first kappa shape index (κ1) is 25.5. The Kier molecular flexibility index (Phi) is 9.06. The van der Waals surface area contributed by atoms with E-state index in [4.69, 9.17) is 3.32 Å². The minimum absolute atomic E-state index is 0. The average Bonchev–Trinajstić information content (AvgIpc) is 2.78. The van der Waals surface area contributed by atoms with Crippen LogP contribution in [0.3, 0.4) is 0 Å². The minimum Gasteiger partial charge on any atom is -1.00 e. The zero-order valence-electron chi connectivity index (χ0n) is 17.9. The summed E-state index contributed by atoms with van der Waals surface area (Å²) in [4.78, 5) is 0. The Bertz CT molecular complexity index is 906. The molecule has 150 valence electrons. The van der Waals surface area contributed by atoms with Crippen LogP contribution in [0.2, 0.25) is 0 Å². The fraction of sp³-hybridized carbons (Fsp3) is 0.417. The van der Waals surface area contributed by atoms with Gasteiger partial charge in [0.1, 0.15) is 0 Å². The number of benzene rings is 2. The van der Waals surface area contributed by atoms with Gasteiger partial charge < -0.3 is 24.8 Å². The Morgan fingerprint density at radius 3 is 2.14 bits per heavy atom. The average molecular weight is 453 g/mol. The van der Waals surface area contributed by atoms with Gasteiger partial charge in [-0.05, 0) is 0 Å². The molecule has 0 fully saturated rings. The van der Waals surface area contributed by atoms with E-state index in [-0.39, 0.29) is 30.2 Å². The Balaban J connectivity index is 0.00000196. The number of halogens is 2. The third-order valence-corrected chi connectivity index (χ3v) is 7.15. The Hall–Kier alpha value is -0.566. The van der Waals surface area contributed by atoms with Gasteiger partial charge in [0, 0.05) is 0 Å². The fourth-order valence-electron chi connectivity index (χ4n) is 3.73. The summed E-state index contributed by atoms with van der Waals surface area (Å²) in [5.74, 6) is 0.490. The smallest absolute Gasteiger partial charge is 1.00 e. The molecule has 0 aromatic heterocycles. The van der Waals surface area contributed by atoms with E-state index in [0.29, 0.717) is 5.92 Å². The Labute approximate surface area is 192 Å². The first-order valence-electron chi connectivity index (χ1n) is 9.49. The molecule has 2 aromatic carbocycles. The molecule has 0 amide bonds. The number of fused-ring (bicyclic) bond motifs is 1. The second-order valence-corrected chi connectivity index (χ2v) is 10.3. The van der Waals surface area contributed by atoms with Crippen molar-refractivity contribution in [1.82, 2.24) is 0 Å². The third-order valence-electron chi connectivity index (χ3n) is 5.54. The van der Waals surface area contributed by atoms with Gasteiger partial charge in [-0.15, -0.1) is 0 Å². The molecule has 0 aliphatic heterocycles. The normalized spacial score (nSPS) is 16.8. The van der Waals surface area contributed by atoms with E-state index in [2.05, 4.69) is 84.9 Å². The molecule has 0 spiro atoms. The van der Waals surface area contributed by atoms with Crippen LogP contribution in [-0.4, -0.2) is 6.61 Å². The summed E-state index contributed by atoms with van der Waals surface area (Å²) in [6.07, 6.45) is 0. The van der Waals surface area contributed by atoms with Crippen molar-refractivity contribution in [2.45, 2.75) is 48.5 Å². The van der Waals surface area contributed by atoms with Crippen LogP contribution in [0.5, 0.6) is 0 Å². The van der Waals surface area contributed by atoms with Crippen molar-refractivity contribution in [1.29, 1.82) is 0 Å². The van der Waals surface area contributed by atoms with Gasteiger partial charge in [-0.25, -0.2) is 0 Å². The molecular weight excluding hydrogens is 423 g/mol. The summed E-state index contributed by atoms with van der Waals surface area (Å²) in [5, 5.41) is 2.69. The molecule has 1 aliphatic rings. The molecule has 0 saturated carbocycles. The molecule has 2 aromatic rings. The standard InChI is InChI=1S/C19H19.C5H11O.2ClH.Ti/c1-12-13(2)15(4)19(14(12)3)18-10-9-16-7-5-6-8-17(16)11-18;1-5(2,3)4-6;;;/h5-10,14H,1-4H3;4H2,1-3H3;2*1H;/q;-1;;;+3/p-2. The minimum atomic E-state index is -0.661. The quantitative estimate of drug-likeness (QED) is 0.606. The first-order chi connectivity index (χ1) is 12.2. The van der Waals surface area contributed by atoms with E-state index < -0.39 is 19.5 Å². The molecule has 4 heteroatoms. The zero-order valence-corrected chi connectivity index (χ0v) is 21.0. The largest absolute Gasteiger partial charge is 1.00 e. The van der Waals surface area contributed by atoms with Crippen LogP contribution in [0.4, 0.5) is 0 Å². The van der Waals surface area contributed by atoms with E-state index in [9.17, 15) is 0 Å². The summed E-state index contributed by atoms with van der Waals surface area (Å²) in [7, 11) is 0. The van der Waals surface area contributed by atoms with Crippen molar-refractivity contribution < 1.29 is 47.7 Å². The van der Waals surface area contributed by atoms with Gasteiger partial charge in [-0.1, -0.05) is 0 Å². The summed E-state index contributed by atoms with van der Waals surface area (Å²) in [6.45, 7) is 16.7. The third kappa shape index (κ3) is 5.12. The predicted octanol–water partition coefficient (Wildman–Crippen LogP) is 0.293. The topological polar surface area (TPSA) is 9.23 Å². The van der Waals surface area contributed by atoms with Gasteiger partial charge in [0.05, 0.1) is 0 Å². The van der Waals surface area contributed by atoms with Gasteiger partial charge in [-0.2, -0.15) is 0 Å². The molecule has 1 nitrogen and oxygen atoms in total. The van der Waals surface area contributed by atoms with Gasteiger partial charge in [0.2, 0.25) is 0 Å². The molecule has 3 rings (SSSR count). The number of rotatable bonds is 4. The van der Waals surface area contributed by atoms with E-state index in [1.54, 1.807) is 0 Å². The van der Waals surface area contributed by atoms with Crippen molar-refractivity contribution in [3.05, 3.63) is 58.7 Å². The maximum Gasteiger partial charge on any atom is -1.00 e. The van der Waals surface area contributed by atoms with Gasteiger partial charge in [-0.3, -0.25) is 0 Å². The van der Waals surface area contributed by atoms with Crippen LogP contribution in [-0.2, 0) is 22.9 Å². The fourth-order valence-corrected chi connectivity index (χ4v) is 5.78. The van der Waals surface area contributed by atoms with Crippen molar-refractivity contribution in [3.63, 3.8) is 0 Å². The molecule has 1 aliphatic carbocycles. The summed E-state index contributed by atoms with van der Waals surface area (Å²) < 4.78 is 7.76. The van der Waals surface area contributed by atoms with E-state index >= 15 is 0 Å². The van der Waals surface area contributed by atoms with Gasteiger partial charge in [0.25, 0.3) is 0 Å². The van der Waals surface area contributed by atoms with Crippen LogP contribution >= 0.6 is 0 Å². The van der Waals surface area contributed by atoms with Crippen LogP contribution < -0.4 is 28.7 Å². The zero-order chi connectivity index (χ0) is 19.1. The molecule has 0 radical (unpaired) electrons. The van der Waals surface area contributed by atoms with E-state index in [0.717, 1.165) is 6.61 Å². The summed E-state index contributed by atoms with van der Waals surface area (Å²) in [5.41, 5.74) is 7.55. The molecule has 1 unspecified atom stereocenters. The van der Waals surface area contributed by atoms with Crippen molar-refractivity contribution >= 4 is 20.2 Å². The summed E-state index contributed by atoms with van der Waals surface area (Å²) >= 11 is -0.661. The molecule has 0 bridgehead atoms. The Morgan fingerprint density at radius 1 is 0.929 bits per heavy atom. The maximum absolute atomic E-state index is 6.31. The van der Waals surface area contributed by atoms with E-state index in [1.807, 2.05) is 0 Å². The Morgan fingerprint density at radius 2 is 1.57 bits per heavy atom. The van der Waals surface area contributed by atoms with Crippen molar-refractivity contribution in [2.24, 2.45) is 11.3 Å². The van der Waals surface area contributed by atoms with Crippen molar-refractivity contribution in [3.8, 4) is 0 Å². The number of hydrogen-bond acceptors (Lipinski definition) is 1. The molecule has 0 heterocycles. The van der Waals surface area contributed by atoms with Crippen LogP contribution in [0.1, 0.15) is 54.0 Å².